The lowest BCUT2D eigenvalue weighted by molar-refractivity contribution is -0.118. The Hall–Kier alpha value is -1.80. The molecule has 0 spiro atoms. The molecule has 0 fully saturated rings. The second-order valence-corrected chi connectivity index (χ2v) is 9.45. The molecule has 0 bridgehead atoms. The van der Waals surface area contributed by atoms with E-state index in [-0.39, 0.29) is 18.3 Å². The first-order chi connectivity index (χ1) is 14.5. The molecule has 2 aromatic carbocycles. The number of ether oxygens (including phenoxy) is 1. The number of benzene rings is 2. The first-order valence-electron chi connectivity index (χ1n) is 10.1. The number of methoxy groups -OCH3 is 1. The van der Waals surface area contributed by atoms with Crippen molar-refractivity contribution in [2.45, 2.75) is 24.7 Å². The number of nitrogens with zero attached hydrogens (tertiary/aromatic N) is 3. The van der Waals surface area contributed by atoms with Gasteiger partial charge in [0.2, 0.25) is 5.91 Å². The molecule has 0 saturated carbocycles. The van der Waals surface area contributed by atoms with Crippen LogP contribution in [-0.2, 0) is 11.2 Å². The minimum atomic E-state index is 0. The van der Waals surface area contributed by atoms with Gasteiger partial charge in [-0.2, -0.15) is 0 Å². The van der Waals surface area contributed by atoms with Crippen molar-refractivity contribution in [3.63, 3.8) is 0 Å². The van der Waals surface area contributed by atoms with Crippen LogP contribution in [0.15, 0.2) is 47.4 Å². The van der Waals surface area contributed by atoms with Gasteiger partial charge < -0.3 is 9.64 Å². The Bertz CT molecular complexity index is 977. The Kier molecular flexibility index (Phi) is 10.1. The fourth-order valence-corrected chi connectivity index (χ4v) is 4.90. The zero-order chi connectivity index (χ0) is 21.5. The van der Waals surface area contributed by atoms with Crippen LogP contribution < -0.4 is 9.64 Å². The van der Waals surface area contributed by atoms with E-state index >= 15 is 0 Å². The average Bonchev–Trinajstić information content (AvgIpc) is 3.16. The highest BCUT2D eigenvalue weighted by atomic mass is 35.5. The predicted octanol–water partition coefficient (Wildman–Crippen LogP) is 5.37. The van der Waals surface area contributed by atoms with E-state index in [4.69, 9.17) is 9.72 Å². The molecule has 0 saturated heterocycles. The molecule has 1 amide bonds. The van der Waals surface area contributed by atoms with Crippen LogP contribution in [0, 0.1) is 0 Å². The van der Waals surface area contributed by atoms with E-state index < -0.39 is 0 Å². The van der Waals surface area contributed by atoms with Crippen molar-refractivity contribution in [1.82, 2.24) is 9.88 Å². The monoisotopic (exact) mass is 479 g/mol. The minimum Gasteiger partial charge on any atom is -0.497 e. The SMILES string of the molecule is CCc1ccc2nc(N(CCN(C)C)C(=O)CCSc3ccc(OC)cc3)sc2c1.Cl. The number of hydrogen-bond donors (Lipinski definition) is 0. The molecule has 31 heavy (non-hydrogen) atoms. The zero-order valence-electron chi connectivity index (χ0n) is 18.5. The number of anilines is 1. The Labute approximate surface area is 199 Å². The van der Waals surface area contributed by atoms with Crippen LogP contribution in [0.1, 0.15) is 18.9 Å². The number of fused-ring (bicyclic) bond motifs is 1. The fraction of sp³-hybridized carbons (Fsp3) is 0.391. The summed E-state index contributed by atoms with van der Waals surface area (Å²) >= 11 is 3.29. The van der Waals surface area contributed by atoms with Crippen molar-refractivity contribution < 1.29 is 9.53 Å². The van der Waals surface area contributed by atoms with Gasteiger partial charge in [0, 0.05) is 30.2 Å². The second-order valence-electron chi connectivity index (χ2n) is 7.27. The number of carbonyl (C=O) groups excluding carboxylic acids is 1. The van der Waals surface area contributed by atoms with Gasteiger partial charge in [-0.15, -0.1) is 24.2 Å². The van der Waals surface area contributed by atoms with Crippen LogP contribution in [-0.4, -0.2) is 55.8 Å². The zero-order valence-corrected chi connectivity index (χ0v) is 20.9. The lowest BCUT2D eigenvalue weighted by Crippen LogP contribution is -2.36. The van der Waals surface area contributed by atoms with Crippen LogP contribution in [0.4, 0.5) is 5.13 Å². The Balaban J connectivity index is 0.00000341. The van der Waals surface area contributed by atoms with Crippen LogP contribution >= 0.6 is 35.5 Å². The predicted molar refractivity (Wildman–Crippen MR) is 135 cm³/mol. The standard InChI is InChI=1S/C23H29N3O2S2.ClH/c1-5-17-6-11-20-21(16-17)30-23(24-20)26(14-13-25(2)3)22(27)12-15-29-19-9-7-18(28-4)8-10-19;/h6-11,16H,5,12-15H2,1-4H3;1H. The normalized spacial score (nSPS) is 10.9. The van der Waals surface area contributed by atoms with Crippen LogP contribution in [0.25, 0.3) is 10.2 Å². The summed E-state index contributed by atoms with van der Waals surface area (Å²) in [5.74, 6) is 1.69. The lowest BCUT2D eigenvalue weighted by Gasteiger charge is -2.22. The Morgan fingerprint density at radius 1 is 1.13 bits per heavy atom. The third kappa shape index (κ3) is 7.10. The van der Waals surface area contributed by atoms with Gasteiger partial charge in [0.15, 0.2) is 5.13 Å². The summed E-state index contributed by atoms with van der Waals surface area (Å²) < 4.78 is 6.34. The van der Waals surface area contributed by atoms with Gasteiger partial charge >= 0.3 is 0 Å². The summed E-state index contributed by atoms with van der Waals surface area (Å²) in [7, 11) is 5.70. The molecule has 168 valence electrons. The highest BCUT2D eigenvalue weighted by Crippen LogP contribution is 2.30. The van der Waals surface area contributed by atoms with Crippen molar-refractivity contribution in [2.75, 3.05) is 44.9 Å². The van der Waals surface area contributed by atoms with E-state index in [0.717, 1.165) is 44.7 Å². The van der Waals surface area contributed by atoms with E-state index in [9.17, 15) is 4.79 Å². The average molecular weight is 480 g/mol. The number of halogens is 1. The molecule has 0 unspecified atom stereocenters. The number of amides is 1. The van der Waals surface area contributed by atoms with Gasteiger partial charge in [0.05, 0.1) is 17.3 Å². The third-order valence-electron chi connectivity index (χ3n) is 4.80. The maximum atomic E-state index is 13.1. The summed E-state index contributed by atoms with van der Waals surface area (Å²) in [5.41, 5.74) is 2.25. The largest absolute Gasteiger partial charge is 0.497 e. The number of carbonyl (C=O) groups is 1. The van der Waals surface area contributed by atoms with Gasteiger partial charge in [0.25, 0.3) is 0 Å². The topological polar surface area (TPSA) is 45.7 Å². The summed E-state index contributed by atoms with van der Waals surface area (Å²) in [6, 6.07) is 14.3. The molecule has 0 aliphatic heterocycles. The number of hydrogen-bond acceptors (Lipinski definition) is 6. The highest BCUT2D eigenvalue weighted by Gasteiger charge is 2.20. The first kappa shape index (κ1) is 25.5. The van der Waals surface area contributed by atoms with Crippen LogP contribution in [0.3, 0.4) is 0 Å². The second kappa shape index (κ2) is 12.3. The number of aryl methyl sites for hydroxylation is 1. The van der Waals surface area contributed by atoms with E-state index in [1.165, 1.54) is 5.56 Å². The molecule has 1 heterocycles. The van der Waals surface area contributed by atoms with E-state index in [1.807, 2.05) is 43.3 Å². The van der Waals surface area contributed by atoms with Crippen molar-refractivity contribution >= 4 is 56.8 Å². The summed E-state index contributed by atoms with van der Waals surface area (Å²) in [6.07, 6.45) is 1.47. The van der Waals surface area contributed by atoms with Gasteiger partial charge in [-0.25, -0.2) is 4.98 Å². The molecule has 0 N–H and O–H groups in total. The maximum absolute atomic E-state index is 13.1. The number of rotatable bonds is 10. The third-order valence-corrected chi connectivity index (χ3v) is 6.85. The lowest BCUT2D eigenvalue weighted by atomic mass is 10.2. The van der Waals surface area contributed by atoms with Crippen molar-refractivity contribution in [1.29, 1.82) is 0 Å². The molecule has 0 aliphatic carbocycles. The Morgan fingerprint density at radius 3 is 2.52 bits per heavy atom. The van der Waals surface area contributed by atoms with E-state index in [0.29, 0.717) is 13.0 Å². The molecule has 3 aromatic rings. The van der Waals surface area contributed by atoms with E-state index in [2.05, 4.69) is 30.0 Å². The summed E-state index contributed by atoms with van der Waals surface area (Å²) in [4.78, 5) is 22.9. The van der Waals surface area contributed by atoms with Crippen molar-refractivity contribution in [3.05, 3.63) is 48.0 Å². The molecule has 0 radical (unpaired) electrons. The van der Waals surface area contributed by atoms with Crippen molar-refractivity contribution in [2.24, 2.45) is 0 Å². The van der Waals surface area contributed by atoms with Crippen LogP contribution in [0.5, 0.6) is 5.75 Å². The fourth-order valence-electron chi connectivity index (χ4n) is 2.98. The molecule has 1 aromatic heterocycles. The number of aromatic nitrogens is 1. The quantitative estimate of drug-likeness (QED) is 0.366. The highest BCUT2D eigenvalue weighted by molar-refractivity contribution is 7.99. The summed E-state index contributed by atoms with van der Waals surface area (Å²) in [5, 5.41) is 0.791. The Morgan fingerprint density at radius 2 is 1.87 bits per heavy atom. The minimum absolute atomic E-state index is 0. The van der Waals surface area contributed by atoms with Gasteiger partial charge in [-0.3, -0.25) is 9.69 Å². The smallest absolute Gasteiger partial charge is 0.229 e. The molecule has 3 rings (SSSR count). The number of likely N-dealkylation sites (N-methyl/N-ethyl adjacent to an activating group) is 1. The van der Waals surface area contributed by atoms with Gasteiger partial charge in [-0.05, 0) is 62.5 Å². The van der Waals surface area contributed by atoms with Gasteiger partial charge in [-0.1, -0.05) is 24.3 Å². The molecule has 5 nitrogen and oxygen atoms in total. The first-order valence-corrected chi connectivity index (χ1v) is 11.9. The van der Waals surface area contributed by atoms with E-state index in [1.54, 1.807) is 30.2 Å². The molecule has 0 atom stereocenters. The number of thioether (sulfide) groups is 1. The van der Waals surface area contributed by atoms with Gasteiger partial charge in [0.1, 0.15) is 5.75 Å². The molecular formula is C23H30ClN3O2S2. The maximum Gasteiger partial charge on any atom is 0.229 e. The number of thiazole rings is 1. The summed E-state index contributed by atoms with van der Waals surface area (Å²) in [6.45, 7) is 3.59. The van der Waals surface area contributed by atoms with Crippen LogP contribution in [0.2, 0.25) is 0 Å². The van der Waals surface area contributed by atoms with Crippen molar-refractivity contribution in [3.8, 4) is 5.75 Å². The molecule has 0 aliphatic rings. The molecule has 8 heteroatoms. The molecular weight excluding hydrogens is 450 g/mol.